The Bertz CT molecular complexity index is 430. The molecule has 0 fully saturated rings. The molecule has 0 radical (unpaired) electrons. The minimum Gasteiger partial charge on any atom is -0.384 e. The topological polar surface area (TPSA) is 35.8 Å². The molecule has 2 nitrogen and oxygen atoms in total. The molecule has 1 N–H and O–H groups in total. The van der Waals surface area contributed by atoms with Crippen molar-refractivity contribution in [1.29, 1.82) is 5.26 Å². The van der Waals surface area contributed by atoms with Crippen molar-refractivity contribution in [3.05, 3.63) is 29.3 Å². The summed E-state index contributed by atoms with van der Waals surface area (Å²) in [5, 5.41) is 12.0. The molecule has 0 aromatic heterocycles. The zero-order valence-electron chi connectivity index (χ0n) is 9.09. The molecule has 2 heteroatoms. The van der Waals surface area contributed by atoms with E-state index in [4.69, 9.17) is 5.26 Å². The molecular weight excluding hydrogens is 184 g/mol. The van der Waals surface area contributed by atoms with Crippen LogP contribution in [0.15, 0.2) is 18.2 Å². The first-order valence-electron chi connectivity index (χ1n) is 4.92. The van der Waals surface area contributed by atoms with Crippen LogP contribution in [-0.2, 0) is 0 Å². The van der Waals surface area contributed by atoms with Gasteiger partial charge in [0.1, 0.15) is 0 Å². The highest BCUT2D eigenvalue weighted by molar-refractivity contribution is 5.55. The second kappa shape index (κ2) is 5.73. The molecule has 0 aliphatic carbocycles. The van der Waals surface area contributed by atoms with E-state index in [9.17, 15) is 0 Å². The number of aryl methyl sites for hydroxylation is 1. The summed E-state index contributed by atoms with van der Waals surface area (Å²) in [6, 6.07) is 7.77. The summed E-state index contributed by atoms with van der Waals surface area (Å²) in [6.07, 6.45) is 0.826. The summed E-state index contributed by atoms with van der Waals surface area (Å²) < 4.78 is 0. The summed E-state index contributed by atoms with van der Waals surface area (Å²) in [6.45, 7) is 4.67. The van der Waals surface area contributed by atoms with Crippen LogP contribution in [0.4, 0.5) is 5.69 Å². The third-order valence-electron chi connectivity index (χ3n) is 2.11. The maximum absolute atomic E-state index is 8.76. The van der Waals surface area contributed by atoms with Crippen LogP contribution in [0.1, 0.15) is 24.5 Å². The fourth-order valence-corrected chi connectivity index (χ4v) is 1.27. The van der Waals surface area contributed by atoms with Crippen molar-refractivity contribution in [2.75, 3.05) is 11.9 Å². The Morgan fingerprint density at radius 3 is 2.87 bits per heavy atom. The normalized spacial score (nSPS) is 8.60. The monoisotopic (exact) mass is 198 g/mol. The van der Waals surface area contributed by atoms with Gasteiger partial charge in [-0.1, -0.05) is 6.07 Å². The van der Waals surface area contributed by atoms with Crippen molar-refractivity contribution in [2.24, 2.45) is 0 Å². The van der Waals surface area contributed by atoms with Crippen molar-refractivity contribution in [3.63, 3.8) is 0 Å². The van der Waals surface area contributed by atoms with Crippen molar-refractivity contribution in [1.82, 2.24) is 0 Å². The summed E-state index contributed by atoms with van der Waals surface area (Å²) in [7, 11) is 0. The molecule has 0 unspecified atom stereocenters. The Balaban J connectivity index is 2.66. The van der Waals surface area contributed by atoms with Gasteiger partial charge in [0, 0.05) is 18.7 Å². The number of benzene rings is 1. The average Bonchev–Trinajstić information content (AvgIpc) is 2.26. The van der Waals surface area contributed by atoms with E-state index in [1.165, 1.54) is 0 Å². The lowest BCUT2D eigenvalue weighted by Crippen LogP contribution is -2.02. The number of hydrogen-bond donors (Lipinski definition) is 1. The molecule has 0 spiro atoms. The first kappa shape index (κ1) is 11.1. The zero-order valence-corrected chi connectivity index (χ0v) is 9.09. The molecule has 0 bridgehead atoms. The molecule has 15 heavy (non-hydrogen) atoms. The summed E-state index contributed by atoms with van der Waals surface area (Å²) >= 11 is 0. The number of nitrogens with one attached hydrogen (secondary N) is 1. The molecule has 0 saturated heterocycles. The molecule has 1 aromatic rings. The highest BCUT2D eigenvalue weighted by Crippen LogP contribution is 2.16. The Morgan fingerprint density at radius 1 is 1.40 bits per heavy atom. The van der Waals surface area contributed by atoms with Gasteiger partial charge in [-0.2, -0.15) is 5.26 Å². The third kappa shape index (κ3) is 3.37. The molecule has 0 saturated carbocycles. The van der Waals surface area contributed by atoms with E-state index in [1.54, 1.807) is 0 Å². The van der Waals surface area contributed by atoms with Crippen LogP contribution in [-0.4, -0.2) is 6.54 Å². The van der Waals surface area contributed by atoms with Crippen LogP contribution in [0, 0.1) is 30.1 Å². The minimum absolute atomic E-state index is 0.685. The van der Waals surface area contributed by atoms with E-state index in [-0.39, 0.29) is 0 Å². The SMILES string of the molecule is CC#CCCNc1cc(C#N)ccc1C. The summed E-state index contributed by atoms with van der Waals surface area (Å²) in [5.74, 6) is 5.84. The molecule has 1 aromatic carbocycles. The van der Waals surface area contributed by atoms with Gasteiger partial charge in [-0.15, -0.1) is 11.8 Å². The smallest absolute Gasteiger partial charge is 0.0992 e. The molecule has 0 heterocycles. The summed E-state index contributed by atoms with van der Waals surface area (Å²) in [5.41, 5.74) is 2.86. The lowest BCUT2D eigenvalue weighted by atomic mass is 10.1. The van der Waals surface area contributed by atoms with Crippen molar-refractivity contribution >= 4 is 5.69 Å². The maximum atomic E-state index is 8.76. The van der Waals surface area contributed by atoms with Gasteiger partial charge >= 0.3 is 0 Å². The highest BCUT2D eigenvalue weighted by atomic mass is 14.9. The Labute approximate surface area is 90.9 Å². The maximum Gasteiger partial charge on any atom is 0.0992 e. The first-order chi connectivity index (χ1) is 7.27. The van der Waals surface area contributed by atoms with Crippen LogP contribution in [0.2, 0.25) is 0 Å². The highest BCUT2D eigenvalue weighted by Gasteiger charge is 1.98. The quantitative estimate of drug-likeness (QED) is 0.598. The van der Waals surface area contributed by atoms with Crippen molar-refractivity contribution < 1.29 is 0 Å². The molecule has 76 valence electrons. The standard InChI is InChI=1S/C13H14N2/c1-3-4-5-8-15-13-9-12(10-14)7-6-11(13)2/h6-7,9,15H,5,8H2,1-2H3. The number of hydrogen-bond acceptors (Lipinski definition) is 2. The second-order valence-electron chi connectivity index (χ2n) is 3.25. The van der Waals surface area contributed by atoms with E-state index in [0.29, 0.717) is 5.56 Å². The molecular formula is C13H14N2. The van der Waals surface area contributed by atoms with Crippen molar-refractivity contribution in [2.45, 2.75) is 20.3 Å². The third-order valence-corrected chi connectivity index (χ3v) is 2.11. The minimum atomic E-state index is 0.685. The van der Waals surface area contributed by atoms with Crippen LogP contribution in [0.25, 0.3) is 0 Å². The number of nitrogens with zero attached hydrogens (tertiary/aromatic N) is 1. The van der Waals surface area contributed by atoms with Gasteiger partial charge in [-0.05, 0) is 31.5 Å². The van der Waals surface area contributed by atoms with E-state index >= 15 is 0 Å². The molecule has 0 amide bonds. The first-order valence-corrected chi connectivity index (χ1v) is 4.92. The number of nitriles is 1. The summed E-state index contributed by atoms with van der Waals surface area (Å²) in [4.78, 5) is 0. The molecule has 0 aliphatic heterocycles. The van der Waals surface area contributed by atoms with Gasteiger partial charge in [0.05, 0.1) is 11.6 Å². The van der Waals surface area contributed by atoms with Crippen LogP contribution in [0.3, 0.4) is 0 Å². The van der Waals surface area contributed by atoms with Gasteiger partial charge in [0.15, 0.2) is 0 Å². The number of rotatable bonds is 3. The Kier molecular flexibility index (Phi) is 4.26. The van der Waals surface area contributed by atoms with Gasteiger partial charge in [0.25, 0.3) is 0 Å². The van der Waals surface area contributed by atoms with Crippen LogP contribution in [0.5, 0.6) is 0 Å². The van der Waals surface area contributed by atoms with Crippen LogP contribution < -0.4 is 5.32 Å². The predicted molar refractivity (Wildman–Crippen MR) is 62.5 cm³/mol. The fraction of sp³-hybridized carbons (Fsp3) is 0.308. The Hall–Kier alpha value is -1.93. The van der Waals surface area contributed by atoms with Gasteiger partial charge in [0.2, 0.25) is 0 Å². The van der Waals surface area contributed by atoms with E-state index in [2.05, 4.69) is 23.2 Å². The molecule has 0 atom stereocenters. The van der Waals surface area contributed by atoms with Gasteiger partial charge in [-0.3, -0.25) is 0 Å². The lowest BCUT2D eigenvalue weighted by Gasteiger charge is -2.07. The van der Waals surface area contributed by atoms with E-state index < -0.39 is 0 Å². The molecule has 1 rings (SSSR count). The van der Waals surface area contributed by atoms with Crippen molar-refractivity contribution in [3.8, 4) is 17.9 Å². The van der Waals surface area contributed by atoms with E-state index in [0.717, 1.165) is 24.2 Å². The van der Waals surface area contributed by atoms with Gasteiger partial charge in [-0.25, -0.2) is 0 Å². The second-order valence-corrected chi connectivity index (χ2v) is 3.25. The fourth-order valence-electron chi connectivity index (χ4n) is 1.27. The van der Waals surface area contributed by atoms with E-state index in [1.807, 2.05) is 32.0 Å². The largest absolute Gasteiger partial charge is 0.384 e. The Morgan fingerprint density at radius 2 is 2.20 bits per heavy atom. The number of anilines is 1. The average molecular weight is 198 g/mol. The lowest BCUT2D eigenvalue weighted by molar-refractivity contribution is 1.09. The van der Waals surface area contributed by atoms with Crippen LogP contribution >= 0.6 is 0 Å². The van der Waals surface area contributed by atoms with Gasteiger partial charge < -0.3 is 5.32 Å². The molecule has 0 aliphatic rings. The predicted octanol–water partition coefficient (Wildman–Crippen LogP) is 2.69. The zero-order chi connectivity index (χ0) is 11.1.